The van der Waals surface area contributed by atoms with E-state index in [0.29, 0.717) is 0 Å². The van der Waals surface area contributed by atoms with Crippen LogP contribution < -0.4 is 0 Å². The third-order valence-corrected chi connectivity index (χ3v) is 2.25. The average Bonchev–Trinajstić information content (AvgIpc) is 2.20. The van der Waals surface area contributed by atoms with E-state index in [2.05, 4.69) is 30.9 Å². The lowest BCUT2D eigenvalue weighted by atomic mass is 10.2. The number of aromatic nitrogens is 3. The number of hydrogen-bond donors (Lipinski definition) is 0. The summed E-state index contributed by atoms with van der Waals surface area (Å²) in [6.45, 7) is 0. The molecule has 0 spiro atoms. The van der Waals surface area contributed by atoms with E-state index in [0.717, 1.165) is 15.9 Å². The van der Waals surface area contributed by atoms with Crippen LogP contribution in [0.15, 0.2) is 41.5 Å². The van der Waals surface area contributed by atoms with E-state index in [1.807, 2.05) is 18.2 Å². The zero-order chi connectivity index (χ0) is 9.10. The fraction of sp³-hybridized carbons (Fsp3) is 0. The van der Waals surface area contributed by atoms with Gasteiger partial charge in [0.25, 0.3) is 0 Å². The minimum absolute atomic E-state index is 0.800. The maximum atomic E-state index is 4.13. The minimum Gasteiger partial charge on any atom is -0.249 e. The van der Waals surface area contributed by atoms with Crippen molar-refractivity contribution < 1.29 is 0 Å². The Balaban J connectivity index is 2.54. The summed E-state index contributed by atoms with van der Waals surface area (Å²) in [5.41, 5.74) is 1.85. The van der Waals surface area contributed by atoms with E-state index >= 15 is 0 Å². The van der Waals surface area contributed by atoms with Crippen LogP contribution in [0.2, 0.25) is 0 Å². The SMILES string of the molecule is Brc1ncccc1-c1ccncn1. The number of pyridine rings is 1. The van der Waals surface area contributed by atoms with Crippen LogP contribution in [-0.4, -0.2) is 15.0 Å². The molecule has 0 saturated carbocycles. The van der Waals surface area contributed by atoms with Gasteiger partial charge in [-0.3, -0.25) is 0 Å². The number of rotatable bonds is 1. The van der Waals surface area contributed by atoms with Crippen LogP contribution in [0.25, 0.3) is 11.3 Å². The van der Waals surface area contributed by atoms with Gasteiger partial charge in [0.2, 0.25) is 0 Å². The van der Waals surface area contributed by atoms with Crippen molar-refractivity contribution in [1.82, 2.24) is 15.0 Å². The van der Waals surface area contributed by atoms with Crippen molar-refractivity contribution in [2.45, 2.75) is 0 Å². The maximum Gasteiger partial charge on any atom is 0.116 e. The molecule has 0 saturated heterocycles. The Bertz CT molecular complexity index is 403. The second kappa shape index (κ2) is 3.62. The van der Waals surface area contributed by atoms with Gasteiger partial charge in [-0.2, -0.15) is 0 Å². The van der Waals surface area contributed by atoms with Crippen LogP contribution in [0.1, 0.15) is 0 Å². The summed E-state index contributed by atoms with van der Waals surface area (Å²) in [7, 11) is 0. The Morgan fingerprint density at radius 2 is 2.00 bits per heavy atom. The van der Waals surface area contributed by atoms with Crippen molar-refractivity contribution in [3.63, 3.8) is 0 Å². The highest BCUT2D eigenvalue weighted by atomic mass is 79.9. The molecule has 2 aromatic heterocycles. The molecule has 0 radical (unpaired) electrons. The summed E-state index contributed by atoms with van der Waals surface area (Å²) in [5, 5.41) is 0. The predicted molar refractivity (Wildman–Crippen MR) is 53.0 cm³/mol. The highest BCUT2D eigenvalue weighted by Crippen LogP contribution is 2.22. The molecule has 0 aliphatic rings. The van der Waals surface area contributed by atoms with Gasteiger partial charge in [-0.1, -0.05) is 0 Å². The van der Waals surface area contributed by atoms with Crippen molar-refractivity contribution >= 4 is 15.9 Å². The highest BCUT2D eigenvalue weighted by Gasteiger charge is 2.02. The van der Waals surface area contributed by atoms with Crippen LogP contribution in [0.5, 0.6) is 0 Å². The smallest absolute Gasteiger partial charge is 0.116 e. The van der Waals surface area contributed by atoms with E-state index in [-0.39, 0.29) is 0 Å². The molecule has 0 N–H and O–H groups in total. The Morgan fingerprint density at radius 1 is 1.08 bits per heavy atom. The first-order valence-electron chi connectivity index (χ1n) is 3.75. The third kappa shape index (κ3) is 1.72. The first-order chi connectivity index (χ1) is 6.38. The molecule has 64 valence electrons. The quantitative estimate of drug-likeness (QED) is 0.713. The molecule has 0 fully saturated rings. The van der Waals surface area contributed by atoms with Crippen molar-refractivity contribution in [3.8, 4) is 11.3 Å². The zero-order valence-electron chi connectivity index (χ0n) is 6.68. The molecule has 0 aromatic carbocycles. The van der Waals surface area contributed by atoms with Crippen molar-refractivity contribution in [2.75, 3.05) is 0 Å². The van der Waals surface area contributed by atoms with E-state index in [9.17, 15) is 0 Å². The Hall–Kier alpha value is -1.29. The summed E-state index contributed by atoms with van der Waals surface area (Å²) in [4.78, 5) is 12.1. The molecule has 0 aliphatic heterocycles. The lowest BCUT2D eigenvalue weighted by Gasteiger charge is -2.00. The van der Waals surface area contributed by atoms with Crippen LogP contribution in [0.3, 0.4) is 0 Å². The fourth-order valence-electron chi connectivity index (χ4n) is 1.03. The van der Waals surface area contributed by atoms with E-state index < -0.39 is 0 Å². The lowest BCUT2D eigenvalue weighted by molar-refractivity contribution is 1.16. The number of halogens is 1. The molecular formula is C9H6BrN3. The van der Waals surface area contributed by atoms with Gasteiger partial charge in [-0.25, -0.2) is 15.0 Å². The van der Waals surface area contributed by atoms with Crippen LogP contribution in [-0.2, 0) is 0 Å². The Labute approximate surface area is 84.0 Å². The normalized spacial score (nSPS) is 9.92. The lowest BCUT2D eigenvalue weighted by Crippen LogP contribution is -1.86. The molecule has 0 aliphatic carbocycles. The molecule has 13 heavy (non-hydrogen) atoms. The van der Waals surface area contributed by atoms with Gasteiger partial charge in [0.1, 0.15) is 10.9 Å². The predicted octanol–water partition coefficient (Wildman–Crippen LogP) is 2.30. The van der Waals surface area contributed by atoms with Gasteiger partial charge in [0.15, 0.2) is 0 Å². The highest BCUT2D eigenvalue weighted by molar-refractivity contribution is 9.10. The monoisotopic (exact) mass is 235 g/mol. The Kier molecular flexibility index (Phi) is 2.31. The fourth-order valence-corrected chi connectivity index (χ4v) is 1.48. The standard InChI is InChI=1S/C9H6BrN3/c10-9-7(2-1-4-12-9)8-3-5-11-6-13-8/h1-6H. The van der Waals surface area contributed by atoms with Crippen molar-refractivity contribution in [3.05, 3.63) is 41.5 Å². The molecule has 3 nitrogen and oxygen atoms in total. The van der Waals surface area contributed by atoms with Gasteiger partial charge in [-0.15, -0.1) is 0 Å². The molecule has 4 heteroatoms. The molecule has 2 heterocycles. The summed E-state index contributed by atoms with van der Waals surface area (Å²) in [5.74, 6) is 0. The first-order valence-corrected chi connectivity index (χ1v) is 4.54. The summed E-state index contributed by atoms with van der Waals surface area (Å²) < 4.78 is 0.800. The van der Waals surface area contributed by atoms with Gasteiger partial charge < -0.3 is 0 Å². The van der Waals surface area contributed by atoms with Crippen molar-refractivity contribution in [2.24, 2.45) is 0 Å². The van der Waals surface area contributed by atoms with Gasteiger partial charge in [0, 0.05) is 18.0 Å². The van der Waals surface area contributed by atoms with E-state index in [1.54, 1.807) is 12.4 Å². The second-order valence-electron chi connectivity index (χ2n) is 2.44. The van der Waals surface area contributed by atoms with Gasteiger partial charge in [-0.05, 0) is 34.1 Å². The zero-order valence-corrected chi connectivity index (χ0v) is 8.27. The summed E-state index contributed by atoms with van der Waals surface area (Å²) in [6, 6.07) is 5.68. The van der Waals surface area contributed by atoms with Gasteiger partial charge >= 0.3 is 0 Å². The molecule has 2 rings (SSSR count). The van der Waals surface area contributed by atoms with E-state index in [1.165, 1.54) is 6.33 Å². The number of nitrogens with zero attached hydrogens (tertiary/aromatic N) is 3. The molecule has 0 atom stereocenters. The summed E-state index contributed by atoms with van der Waals surface area (Å²) in [6.07, 6.45) is 4.96. The summed E-state index contributed by atoms with van der Waals surface area (Å²) >= 11 is 3.36. The second-order valence-corrected chi connectivity index (χ2v) is 3.19. The molecule has 0 bridgehead atoms. The van der Waals surface area contributed by atoms with Crippen molar-refractivity contribution in [1.29, 1.82) is 0 Å². The third-order valence-electron chi connectivity index (χ3n) is 1.62. The average molecular weight is 236 g/mol. The number of hydrogen-bond acceptors (Lipinski definition) is 3. The maximum absolute atomic E-state index is 4.13. The van der Waals surface area contributed by atoms with E-state index in [4.69, 9.17) is 0 Å². The van der Waals surface area contributed by atoms with Crippen LogP contribution in [0.4, 0.5) is 0 Å². The van der Waals surface area contributed by atoms with Gasteiger partial charge in [0.05, 0.1) is 5.69 Å². The molecule has 0 unspecified atom stereocenters. The van der Waals surface area contributed by atoms with Crippen LogP contribution in [0, 0.1) is 0 Å². The van der Waals surface area contributed by atoms with Crippen LogP contribution >= 0.6 is 15.9 Å². The molecule has 0 amide bonds. The topological polar surface area (TPSA) is 38.7 Å². The molecule has 2 aromatic rings. The molecular weight excluding hydrogens is 230 g/mol. The first kappa shape index (κ1) is 8.31. The minimum atomic E-state index is 0.800. The largest absolute Gasteiger partial charge is 0.249 e. The Morgan fingerprint density at radius 3 is 2.69 bits per heavy atom.